The molecule has 0 radical (unpaired) electrons. The van der Waals surface area contributed by atoms with Crippen LogP contribution in [0.4, 0.5) is 0 Å². The van der Waals surface area contributed by atoms with Crippen LogP contribution in [-0.4, -0.2) is 25.1 Å². The van der Waals surface area contributed by atoms with Gasteiger partial charge < -0.3 is 4.74 Å². The quantitative estimate of drug-likeness (QED) is 0.256. The molecule has 0 spiro atoms. The molecule has 4 aromatic rings. The molecular weight excluding hydrogens is 424 g/mol. The summed E-state index contributed by atoms with van der Waals surface area (Å²) in [6.07, 6.45) is 0.354. The predicted molar refractivity (Wildman–Crippen MR) is 128 cm³/mol. The molecule has 0 saturated heterocycles. The van der Waals surface area contributed by atoms with Crippen LogP contribution in [0.1, 0.15) is 22.3 Å². The molecule has 0 heterocycles. The lowest BCUT2D eigenvalue weighted by Gasteiger charge is -2.45. The maximum absolute atomic E-state index is 14.2. The summed E-state index contributed by atoms with van der Waals surface area (Å²) in [7, 11) is 1.33. The van der Waals surface area contributed by atoms with E-state index < -0.39 is 22.6 Å². The van der Waals surface area contributed by atoms with Crippen LogP contribution in [-0.2, 0) is 30.0 Å². The van der Waals surface area contributed by atoms with Crippen LogP contribution in [0.25, 0.3) is 22.3 Å². The fraction of sp³-hybridized carbons (Fsp3) is 0.100. The second-order valence-electron chi connectivity index (χ2n) is 8.66. The highest BCUT2D eigenvalue weighted by molar-refractivity contribution is 6.34. The minimum absolute atomic E-state index is 0.354. The maximum Gasteiger partial charge on any atom is 0.322 e. The van der Waals surface area contributed by atoms with Gasteiger partial charge in [-0.15, -0.1) is 0 Å². The highest BCUT2D eigenvalue weighted by Crippen LogP contribution is 2.65. The number of hydrogen-bond acceptors (Lipinski definition) is 4. The second kappa shape index (κ2) is 7.09. The molecule has 0 fully saturated rings. The molecule has 0 aliphatic heterocycles. The number of ketones is 1. The molecule has 2 aliphatic carbocycles. The Bertz CT molecular complexity index is 1420. The van der Waals surface area contributed by atoms with E-state index in [0.717, 1.165) is 22.3 Å². The van der Waals surface area contributed by atoms with Crippen LogP contribution in [0.2, 0.25) is 0 Å². The van der Waals surface area contributed by atoms with Gasteiger partial charge in [-0.25, -0.2) is 0 Å². The zero-order chi connectivity index (χ0) is 23.5. The number of fused-ring (bicyclic) bond motifs is 6. The molecule has 4 aromatic carbocycles. The number of Topliss-reactive ketones (excluding diaryl/α,β-unsaturated/α-hetero) is 1. The molecule has 2 aliphatic rings. The minimum Gasteiger partial charge on any atom is -0.468 e. The summed E-state index contributed by atoms with van der Waals surface area (Å²) in [5.74, 6) is -1.26. The van der Waals surface area contributed by atoms with E-state index in [1.54, 1.807) is 0 Å². The first-order valence-corrected chi connectivity index (χ1v) is 11.1. The van der Waals surface area contributed by atoms with E-state index in [4.69, 9.17) is 4.74 Å². The van der Waals surface area contributed by atoms with Gasteiger partial charge in [0.2, 0.25) is 5.78 Å². The van der Waals surface area contributed by atoms with Crippen molar-refractivity contribution in [3.63, 3.8) is 0 Å². The van der Waals surface area contributed by atoms with Crippen molar-refractivity contribution in [2.45, 2.75) is 10.8 Å². The van der Waals surface area contributed by atoms with Crippen molar-refractivity contribution in [1.82, 2.24) is 0 Å². The number of carbonyl (C=O) groups is 3. The average molecular weight is 444 g/mol. The monoisotopic (exact) mass is 444 g/mol. The van der Waals surface area contributed by atoms with E-state index in [9.17, 15) is 14.4 Å². The van der Waals surface area contributed by atoms with Gasteiger partial charge in [0.05, 0.1) is 7.11 Å². The average Bonchev–Trinajstić information content (AvgIpc) is 3.37. The minimum atomic E-state index is -1.63. The highest BCUT2D eigenvalue weighted by atomic mass is 16.5. The van der Waals surface area contributed by atoms with E-state index in [1.165, 1.54) is 7.11 Å². The fourth-order valence-corrected chi connectivity index (χ4v) is 6.34. The van der Waals surface area contributed by atoms with E-state index in [0.29, 0.717) is 28.5 Å². The normalized spacial score (nSPS) is 15.4. The predicted octanol–water partition coefficient (Wildman–Crippen LogP) is 4.86. The largest absolute Gasteiger partial charge is 0.468 e. The summed E-state index contributed by atoms with van der Waals surface area (Å²) in [6.45, 7) is 0. The molecule has 164 valence electrons. The first-order chi connectivity index (χ1) is 16.6. The molecular formula is C30H20O4. The molecule has 0 bridgehead atoms. The zero-order valence-electron chi connectivity index (χ0n) is 18.4. The van der Waals surface area contributed by atoms with Crippen LogP contribution in [0.5, 0.6) is 0 Å². The number of benzene rings is 4. The number of ether oxygens (including phenoxy) is 1. The van der Waals surface area contributed by atoms with Gasteiger partial charge in [0.25, 0.3) is 0 Å². The number of carbonyl (C=O) groups excluding carboxylic acids is 3. The number of esters is 1. The van der Waals surface area contributed by atoms with Crippen molar-refractivity contribution < 1.29 is 19.1 Å². The van der Waals surface area contributed by atoms with Crippen molar-refractivity contribution in [3.8, 4) is 22.3 Å². The molecule has 0 saturated carbocycles. The van der Waals surface area contributed by atoms with Gasteiger partial charge in [-0.1, -0.05) is 97.1 Å². The second-order valence-corrected chi connectivity index (χ2v) is 8.66. The summed E-state index contributed by atoms with van der Waals surface area (Å²) in [4.78, 5) is 40.8. The third kappa shape index (κ3) is 2.11. The molecule has 6 rings (SSSR count). The first-order valence-electron chi connectivity index (χ1n) is 11.1. The molecule has 0 N–H and O–H groups in total. The summed E-state index contributed by atoms with van der Waals surface area (Å²) in [5.41, 5.74) is 2.72. The van der Waals surface area contributed by atoms with Gasteiger partial charge >= 0.3 is 5.97 Å². The Morgan fingerprint density at radius 3 is 1.24 bits per heavy atom. The number of aldehydes is 1. The van der Waals surface area contributed by atoms with E-state index in [2.05, 4.69) is 0 Å². The van der Waals surface area contributed by atoms with Crippen LogP contribution in [0.15, 0.2) is 97.1 Å². The van der Waals surface area contributed by atoms with Crippen LogP contribution in [0.3, 0.4) is 0 Å². The van der Waals surface area contributed by atoms with E-state index >= 15 is 0 Å². The summed E-state index contributed by atoms with van der Waals surface area (Å²) < 4.78 is 5.51. The van der Waals surface area contributed by atoms with Gasteiger partial charge in [-0.3, -0.25) is 14.4 Å². The fourth-order valence-electron chi connectivity index (χ4n) is 6.34. The molecule has 0 aromatic heterocycles. The molecule has 0 unspecified atom stereocenters. The maximum atomic E-state index is 14.2. The van der Waals surface area contributed by atoms with Crippen molar-refractivity contribution in [2.24, 2.45) is 0 Å². The van der Waals surface area contributed by atoms with Crippen LogP contribution < -0.4 is 0 Å². The number of methoxy groups -OCH3 is 1. The topological polar surface area (TPSA) is 60.4 Å². The van der Waals surface area contributed by atoms with Gasteiger partial charge in [0, 0.05) is 0 Å². The SMILES string of the molecule is COC(=O)C1(C2(C(=O)C=O)c3ccccc3-c3ccccc32)c2ccccc2-c2ccccc21. The lowest BCUT2D eigenvalue weighted by atomic mass is 9.52. The van der Waals surface area contributed by atoms with Crippen molar-refractivity contribution in [1.29, 1.82) is 0 Å². The van der Waals surface area contributed by atoms with Crippen molar-refractivity contribution in [3.05, 3.63) is 119 Å². The van der Waals surface area contributed by atoms with Crippen molar-refractivity contribution >= 4 is 18.0 Å². The van der Waals surface area contributed by atoms with Gasteiger partial charge in [0.1, 0.15) is 10.8 Å². The van der Waals surface area contributed by atoms with E-state index in [-0.39, 0.29) is 0 Å². The van der Waals surface area contributed by atoms with Crippen molar-refractivity contribution in [2.75, 3.05) is 7.11 Å². The Hall–Kier alpha value is -4.31. The Kier molecular flexibility index (Phi) is 4.24. The standard InChI is InChI=1S/C30H20O4/c1-34-28(33)30(25-16-8-4-12-21(25)22-13-5-9-17-26(22)30)29(27(32)18-31)23-14-6-2-10-19(23)20-11-3-7-15-24(20)29/h2-18H,1H3. The number of rotatable bonds is 4. The Morgan fingerprint density at radius 2 is 0.912 bits per heavy atom. The molecule has 4 heteroatoms. The summed E-state index contributed by atoms with van der Waals surface area (Å²) >= 11 is 0. The third-order valence-corrected chi connectivity index (χ3v) is 7.44. The first kappa shape index (κ1) is 20.3. The van der Waals surface area contributed by atoms with Gasteiger partial charge in [-0.05, 0) is 44.5 Å². The molecule has 0 atom stereocenters. The van der Waals surface area contributed by atoms with Gasteiger partial charge in [0.15, 0.2) is 6.29 Å². The highest BCUT2D eigenvalue weighted by Gasteiger charge is 2.70. The lowest BCUT2D eigenvalue weighted by Crippen LogP contribution is -2.59. The molecule has 4 nitrogen and oxygen atoms in total. The molecule has 34 heavy (non-hydrogen) atoms. The van der Waals surface area contributed by atoms with Gasteiger partial charge in [-0.2, -0.15) is 0 Å². The summed E-state index contributed by atoms with van der Waals surface area (Å²) in [6, 6.07) is 30.2. The summed E-state index contributed by atoms with van der Waals surface area (Å²) in [5, 5.41) is 0. The molecule has 0 amide bonds. The van der Waals surface area contributed by atoms with Crippen LogP contribution in [0, 0.1) is 0 Å². The lowest BCUT2D eigenvalue weighted by molar-refractivity contribution is -0.151. The Balaban J connectivity index is 1.92. The smallest absolute Gasteiger partial charge is 0.322 e. The van der Waals surface area contributed by atoms with Crippen LogP contribution >= 0.6 is 0 Å². The zero-order valence-corrected chi connectivity index (χ0v) is 18.4. The van der Waals surface area contributed by atoms with E-state index in [1.807, 2.05) is 97.1 Å². The Morgan fingerprint density at radius 1 is 0.588 bits per heavy atom. The Labute approximate surface area is 196 Å². The third-order valence-electron chi connectivity index (χ3n) is 7.44. The number of hydrogen-bond donors (Lipinski definition) is 0.